The van der Waals surface area contributed by atoms with Gasteiger partial charge in [-0.15, -0.1) is 11.3 Å². The van der Waals surface area contributed by atoms with E-state index in [9.17, 15) is 13.6 Å². The normalized spacial score (nSPS) is 20.2. The highest BCUT2D eigenvalue weighted by molar-refractivity contribution is 7.12. The molecule has 3 heterocycles. The molecule has 1 atom stereocenters. The Bertz CT molecular complexity index is 811. The van der Waals surface area contributed by atoms with Gasteiger partial charge in [-0.2, -0.15) is 0 Å². The van der Waals surface area contributed by atoms with Gasteiger partial charge in [0.1, 0.15) is 11.4 Å². The lowest BCUT2D eigenvalue weighted by Crippen LogP contribution is -2.41. The highest BCUT2D eigenvalue weighted by Gasteiger charge is 2.36. The minimum atomic E-state index is -2.85. The predicted molar refractivity (Wildman–Crippen MR) is 92.5 cm³/mol. The van der Waals surface area contributed by atoms with Gasteiger partial charge in [-0.05, 0) is 25.1 Å². The Kier molecular flexibility index (Phi) is 4.69. The molecule has 0 bridgehead atoms. The summed E-state index contributed by atoms with van der Waals surface area (Å²) in [7, 11) is 0. The minimum absolute atomic E-state index is 0.0994. The number of allylic oxidation sites excluding steroid dienone is 3. The molecule has 0 aliphatic carbocycles. The molecule has 0 saturated heterocycles. The molecule has 1 aromatic rings. The summed E-state index contributed by atoms with van der Waals surface area (Å²) in [6.07, 6.45) is 1.63. The summed E-state index contributed by atoms with van der Waals surface area (Å²) >= 11 is 1.63. The molecule has 0 fully saturated rings. The fourth-order valence-corrected chi connectivity index (χ4v) is 3.74. The molecule has 9 heteroatoms. The van der Waals surface area contributed by atoms with Gasteiger partial charge < -0.3 is 10.6 Å². The van der Waals surface area contributed by atoms with Crippen LogP contribution in [0.4, 0.5) is 8.78 Å². The molecule has 2 aliphatic rings. The minimum Gasteiger partial charge on any atom is -0.403 e. The van der Waals surface area contributed by atoms with Gasteiger partial charge in [-0.3, -0.25) is 14.8 Å². The Morgan fingerprint density at radius 1 is 1.52 bits per heavy atom. The Hall–Kier alpha value is -2.52. The van der Waals surface area contributed by atoms with Gasteiger partial charge in [-0.25, -0.2) is 14.6 Å². The molecule has 1 unspecified atom stereocenters. The third kappa shape index (κ3) is 3.08. The molecule has 0 saturated carbocycles. The number of nitrogens with two attached hydrogens (primary N) is 2. The van der Waals surface area contributed by atoms with Crippen molar-refractivity contribution < 1.29 is 13.6 Å². The molecular formula is C16H17F2N5OS. The zero-order valence-electron chi connectivity index (χ0n) is 13.4. The van der Waals surface area contributed by atoms with Crippen LogP contribution in [0.1, 0.15) is 15.8 Å². The van der Waals surface area contributed by atoms with E-state index in [1.165, 1.54) is 6.08 Å². The molecule has 0 spiro atoms. The molecule has 0 amide bonds. The Morgan fingerprint density at radius 3 is 2.84 bits per heavy atom. The molecule has 25 heavy (non-hydrogen) atoms. The van der Waals surface area contributed by atoms with Crippen LogP contribution in [0.2, 0.25) is 0 Å². The number of aryl methyl sites for hydroxylation is 1. The summed E-state index contributed by atoms with van der Waals surface area (Å²) in [6.45, 7) is 2.45. The van der Waals surface area contributed by atoms with Gasteiger partial charge in [0.05, 0.1) is 12.6 Å². The maximum Gasteiger partial charge on any atom is 0.281 e. The predicted octanol–water partition coefficient (Wildman–Crippen LogP) is 2.03. The van der Waals surface area contributed by atoms with Crippen molar-refractivity contribution in [1.29, 1.82) is 0 Å². The van der Waals surface area contributed by atoms with Gasteiger partial charge in [0.25, 0.3) is 6.43 Å². The first-order valence-electron chi connectivity index (χ1n) is 7.49. The van der Waals surface area contributed by atoms with Crippen molar-refractivity contribution in [2.75, 3.05) is 6.54 Å². The Balaban J connectivity index is 1.98. The monoisotopic (exact) mass is 365 g/mol. The number of aldehydes is 1. The van der Waals surface area contributed by atoms with Crippen molar-refractivity contribution in [1.82, 2.24) is 9.91 Å². The number of hydrazine groups is 1. The molecule has 3 rings (SSSR count). The summed E-state index contributed by atoms with van der Waals surface area (Å²) in [5.74, 6) is 6.29. The maximum absolute atomic E-state index is 13.1. The second-order valence-electron chi connectivity index (χ2n) is 5.57. The van der Waals surface area contributed by atoms with Gasteiger partial charge in [-0.1, -0.05) is 0 Å². The first kappa shape index (κ1) is 17.3. The second kappa shape index (κ2) is 6.77. The average molecular weight is 365 g/mol. The van der Waals surface area contributed by atoms with Crippen molar-refractivity contribution in [3.63, 3.8) is 0 Å². The number of fused-ring (bicyclic) bond motifs is 1. The molecular weight excluding hydrogens is 348 g/mol. The van der Waals surface area contributed by atoms with Crippen molar-refractivity contribution in [3.05, 3.63) is 57.3 Å². The van der Waals surface area contributed by atoms with Gasteiger partial charge in [0.15, 0.2) is 12.1 Å². The number of thiophene rings is 1. The quantitative estimate of drug-likeness (QED) is 0.474. The fourth-order valence-electron chi connectivity index (χ4n) is 2.77. The van der Waals surface area contributed by atoms with Gasteiger partial charge in [0, 0.05) is 27.7 Å². The lowest BCUT2D eigenvalue weighted by atomic mass is 10.1. The van der Waals surface area contributed by atoms with Crippen LogP contribution in [0.5, 0.6) is 0 Å². The molecule has 6 nitrogen and oxygen atoms in total. The first-order chi connectivity index (χ1) is 12.0. The maximum atomic E-state index is 13.1. The van der Waals surface area contributed by atoms with Gasteiger partial charge in [0.2, 0.25) is 0 Å². The third-order valence-electron chi connectivity index (χ3n) is 3.97. The number of carbonyl (C=O) groups is 1. The molecule has 1 aromatic heterocycles. The number of hydrogen-bond donors (Lipinski definition) is 2. The summed E-state index contributed by atoms with van der Waals surface area (Å²) < 4.78 is 26.3. The van der Waals surface area contributed by atoms with Crippen LogP contribution >= 0.6 is 11.3 Å². The molecule has 132 valence electrons. The third-order valence-corrected chi connectivity index (χ3v) is 5.07. The van der Waals surface area contributed by atoms with Crippen LogP contribution in [0, 0.1) is 6.92 Å². The summed E-state index contributed by atoms with van der Waals surface area (Å²) in [4.78, 5) is 19.8. The van der Waals surface area contributed by atoms with E-state index >= 15 is 0 Å². The van der Waals surface area contributed by atoms with E-state index in [1.807, 2.05) is 19.1 Å². The number of aliphatic imine (C=N–C) groups is 1. The number of alkyl halides is 2. The van der Waals surface area contributed by atoms with Crippen molar-refractivity contribution >= 4 is 23.5 Å². The largest absolute Gasteiger partial charge is 0.403 e. The van der Waals surface area contributed by atoms with Crippen LogP contribution in [0.25, 0.3) is 0 Å². The van der Waals surface area contributed by atoms with Crippen molar-refractivity contribution in [2.45, 2.75) is 19.4 Å². The summed E-state index contributed by atoms with van der Waals surface area (Å²) in [6, 6.07) is 3.90. The number of amidine groups is 1. The number of rotatable bonds is 5. The zero-order chi connectivity index (χ0) is 18.1. The molecule has 0 aromatic carbocycles. The second-order valence-corrected chi connectivity index (χ2v) is 6.89. The number of halogens is 2. The Labute approximate surface area is 147 Å². The van der Waals surface area contributed by atoms with E-state index in [-0.39, 0.29) is 11.7 Å². The lowest BCUT2D eigenvalue weighted by molar-refractivity contribution is -0.104. The summed E-state index contributed by atoms with van der Waals surface area (Å²) in [5.41, 5.74) is 5.24. The van der Waals surface area contributed by atoms with E-state index in [2.05, 4.69) is 4.99 Å². The number of hydrogen-bond acceptors (Lipinski definition) is 7. The van der Waals surface area contributed by atoms with Crippen LogP contribution in [0.3, 0.4) is 0 Å². The summed E-state index contributed by atoms with van der Waals surface area (Å²) in [5, 5.41) is 0.787. The van der Waals surface area contributed by atoms with Crippen LogP contribution in [-0.2, 0) is 4.79 Å². The van der Waals surface area contributed by atoms with E-state index in [4.69, 9.17) is 11.6 Å². The standard InChI is InChI=1S/C16H17F2N5OS/c1-9-2-3-14(25-9)13-6-21-16-11(4-10(8-24)7-22(13)16)23(20)12(5-19)15(17)18/h2-5,7-8,13,15H,6,19-20H2,1H3/b12-5-. The van der Waals surface area contributed by atoms with E-state index in [1.54, 1.807) is 22.4 Å². The van der Waals surface area contributed by atoms with Crippen molar-refractivity contribution in [3.8, 4) is 0 Å². The molecule has 0 radical (unpaired) electrons. The van der Waals surface area contributed by atoms with E-state index in [0.717, 1.165) is 21.0 Å². The Morgan fingerprint density at radius 2 is 2.28 bits per heavy atom. The number of carbonyl (C=O) groups excluding carboxylic acids is 1. The molecule has 2 aliphatic heterocycles. The van der Waals surface area contributed by atoms with Crippen LogP contribution in [0.15, 0.2) is 52.6 Å². The first-order valence-corrected chi connectivity index (χ1v) is 8.31. The highest BCUT2D eigenvalue weighted by Crippen LogP contribution is 2.36. The van der Waals surface area contributed by atoms with Crippen LogP contribution in [-0.4, -0.2) is 35.0 Å². The van der Waals surface area contributed by atoms with E-state index in [0.29, 0.717) is 24.2 Å². The fraction of sp³-hybridized carbons (Fsp3) is 0.250. The van der Waals surface area contributed by atoms with E-state index < -0.39 is 12.1 Å². The topological polar surface area (TPSA) is 88.0 Å². The van der Waals surface area contributed by atoms with Gasteiger partial charge >= 0.3 is 0 Å². The zero-order valence-corrected chi connectivity index (χ0v) is 14.2. The average Bonchev–Trinajstić information content (AvgIpc) is 3.19. The lowest BCUT2D eigenvalue weighted by Gasteiger charge is -2.32. The number of nitrogens with zero attached hydrogens (tertiary/aromatic N) is 3. The smallest absolute Gasteiger partial charge is 0.281 e. The SMILES string of the molecule is Cc1ccc(C2CN=C3C(N(N)/C(=C\N)C(F)F)=CC(C=O)=CN32)s1. The van der Waals surface area contributed by atoms with Crippen LogP contribution < -0.4 is 11.6 Å². The van der Waals surface area contributed by atoms with Crippen molar-refractivity contribution in [2.24, 2.45) is 16.6 Å². The molecule has 4 N–H and O–H groups in total. The highest BCUT2D eigenvalue weighted by atomic mass is 32.1.